The smallest absolute Gasteiger partial charge is 0.308 e. The highest BCUT2D eigenvalue weighted by Crippen LogP contribution is 2.45. The number of nitrogens with zero attached hydrogens (tertiary/aromatic N) is 2. The Morgan fingerprint density at radius 2 is 2.07 bits per heavy atom. The first kappa shape index (κ1) is 20.5. The van der Waals surface area contributed by atoms with E-state index in [4.69, 9.17) is 0 Å². The molecule has 1 aromatic rings. The van der Waals surface area contributed by atoms with Crippen molar-refractivity contribution in [3.63, 3.8) is 0 Å². The minimum atomic E-state index is -0.774. The Bertz CT molecular complexity index is 756. The maximum atomic E-state index is 13.9. The molecule has 1 amide bonds. The molecule has 152 valence electrons. The Morgan fingerprint density at radius 1 is 1.36 bits per heavy atom. The van der Waals surface area contributed by atoms with E-state index < -0.39 is 11.9 Å². The number of carboxylic acid groups (broad SMARTS) is 1. The third-order valence-corrected chi connectivity index (χ3v) is 6.33. The van der Waals surface area contributed by atoms with Gasteiger partial charge in [-0.05, 0) is 43.4 Å². The molecule has 0 saturated carbocycles. The Morgan fingerprint density at radius 3 is 2.68 bits per heavy atom. The molecule has 1 N–H and O–H groups in total. The zero-order chi connectivity index (χ0) is 20.3. The van der Waals surface area contributed by atoms with E-state index >= 15 is 0 Å². The lowest BCUT2D eigenvalue weighted by Crippen LogP contribution is -2.47. The molecule has 1 spiro atoms. The average Bonchev–Trinajstić information content (AvgIpc) is 3.01. The number of piperidine rings is 1. The number of carboxylic acids is 1. The van der Waals surface area contributed by atoms with E-state index in [1.54, 1.807) is 19.1 Å². The van der Waals surface area contributed by atoms with Gasteiger partial charge in [-0.1, -0.05) is 18.2 Å². The van der Waals surface area contributed by atoms with Crippen molar-refractivity contribution in [1.82, 2.24) is 9.80 Å². The summed E-state index contributed by atoms with van der Waals surface area (Å²) in [5.74, 6) is -1.34. The van der Waals surface area contributed by atoms with Gasteiger partial charge >= 0.3 is 5.97 Å². The van der Waals surface area contributed by atoms with Crippen LogP contribution in [0.4, 0.5) is 4.39 Å². The highest BCUT2D eigenvalue weighted by molar-refractivity contribution is 5.76. The van der Waals surface area contributed by atoms with Crippen LogP contribution in [-0.2, 0) is 16.1 Å². The molecule has 0 aliphatic carbocycles. The van der Waals surface area contributed by atoms with Gasteiger partial charge in [0.25, 0.3) is 0 Å². The van der Waals surface area contributed by atoms with Crippen LogP contribution in [0.3, 0.4) is 0 Å². The quantitative estimate of drug-likeness (QED) is 0.760. The Labute approximate surface area is 165 Å². The van der Waals surface area contributed by atoms with E-state index in [9.17, 15) is 19.1 Å². The maximum Gasteiger partial charge on any atom is 0.308 e. The number of carbonyl (C=O) groups excluding carboxylic acids is 1. The van der Waals surface area contributed by atoms with Crippen molar-refractivity contribution in [2.45, 2.75) is 39.2 Å². The van der Waals surface area contributed by atoms with Crippen LogP contribution in [0.2, 0.25) is 0 Å². The Balaban J connectivity index is 1.67. The van der Waals surface area contributed by atoms with Gasteiger partial charge in [-0.3, -0.25) is 14.5 Å². The van der Waals surface area contributed by atoms with Crippen LogP contribution in [0.5, 0.6) is 0 Å². The summed E-state index contributed by atoms with van der Waals surface area (Å²) in [6, 6.07) is 5.20. The molecule has 28 heavy (non-hydrogen) atoms. The number of hydrogen-bond donors (Lipinski definition) is 1. The summed E-state index contributed by atoms with van der Waals surface area (Å²) in [7, 11) is 0. The number of benzene rings is 1. The summed E-state index contributed by atoms with van der Waals surface area (Å²) in [6.45, 7) is 8.28. The van der Waals surface area contributed by atoms with Crippen molar-refractivity contribution >= 4 is 11.9 Å². The van der Waals surface area contributed by atoms with Crippen LogP contribution < -0.4 is 0 Å². The molecule has 6 heteroatoms. The molecule has 1 unspecified atom stereocenters. The van der Waals surface area contributed by atoms with Crippen molar-refractivity contribution in [1.29, 1.82) is 0 Å². The zero-order valence-electron chi connectivity index (χ0n) is 16.5. The van der Waals surface area contributed by atoms with Crippen LogP contribution >= 0.6 is 0 Å². The van der Waals surface area contributed by atoms with Gasteiger partial charge in [-0.2, -0.15) is 0 Å². The molecule has 2 saturated heterocycles. The Hall–Kier alpha value is -2.21. The molecular weight excluding hydrogens is 359 g/mol. The van der Waals surface area contributed by atoms with Crippen LogP contribution in [-0.4, -0.2) is 53.0 Å². The number of carbonyl (C=O) groups is 2. The van der Waals surface area contributed by atoms with Crippen LogP contribution in [0, 0.1) is 24.1 Å². The highest BCUT2D eigenvalue weighted by atomic mass is 19.1. The molecule has 5 nitrogen and oxygen atoms in total. The highest BCUT2D eigenvalue weighted by Gasteiger charge is 2.51. The van der Waals surface area contributed by atoms with E-state index in [0.717, 1.165) is 5.56 Å². The molecule has 2 aliphatic rings. The number of rotatable bonds is 6. The van der Waals surface area contributed by atoms with E-state index in [1.807, 2.05) is 11.0 Å². The predicted octanol–water partition coefficient (Wildman–Crippen LogP) is 3.23. The van der Waals surface area contributed by atoms with Gasteiger partial charge in [0.2, 0.25) is 5.91 Å². The first-order valence-corrected chi connectivity index (χ1v) is 9.93. The van der Waals surface area contributed by atoms with Gasteiger partial charge < -0.3 is 10.0 Å². The number of hydrogen-bond acceptors (Lipinski definition) is 3. The van der Waals surface area contributed by atoms with Gasteiger partial charge in [-0.25, -0.2) is 4.39 Å². The van der Waals surface area contributed by atoms with Crippen molar-refractivity contribution in [2.75, 3.05) is 26.2 Å². The largest absolute Gasteiger partial charge is 0.481 e. The van der Waals surface area contributed by atoms with Crippen molar-refractivity contribution in [3.05, 3.63) is 47.8 Å². The molecule has 0 aromatic heterocycles. The molecule has 2 heterocycles. The molecule has 0 radical (unpaired) electrons. The third-order valence-electron chi connectivity index (χ3n) is 6.33. The standard InChI is InChI=1S/C22H29FN2O3/c1-3-4-5-20(26)25-10-8-22(9-11-25)15-24(14-18(22)21(27)28)13-17-7-6-16(2)19(23)12-17/h3,6-7,12,18H,1,4-5,8-11,13-15H2,2H3,(H,27,28). The molecule has 2 fully saturated rings. The van der Waals surface area contributed by atoms with E-state index in [2.05, 4.69) is 11.5 Å². The minimum absolute atomic E-state index is 0.117. The third kappa shape index (κ3) is 4.27. The molecule has 3 rings (SSSR count). The van der Waals surface area contributed by atoms with Gasteiger partial charge in [-0.15, -0.1) is 6.58 Å². The zero-order valence-corrected chi connectivity index (χ0v) is 16.5. The van der Waals surface area contributed by atoms with E-state index in [0.29, 0.717) is 64.0 Å². The monoisotopic (exact) mass is 388 g/mol. The number of halogens is 1. The molecule has 1 atom stereocenters. The molecular formula is C22H29FN2O3. The van der Waals surface area contributed by atoms with Gasteiger partial charge in [0.1, 0.15) is 5.82 Å². The molecule has 1 aromatic carbocycles. The van der Waals surface area contributed by atoms with Gasteiger partial charge in [0.15, 0.2) is 0 Å². The fourth-order valence-electron chi connectivity index (χ4n) is 4.62. The van der Waals surface area contributed by atoms with Gasteiger partial charge in [0, 0.05) is 44.6 Å². The first-order chi connectivity index (χ1) is 13.3. The van der Waals surface area contributed by atoms with Crippen LogP contribution in [0.15, 0.2) is 30.9 Å². The van der Waals surface area contributed by atoms with Crippen molar-refractivity contribution in [3.8, 4) is 0 Å². The first-order valence-electron chi connectivity index (χ1n) is 9.93. The maximum absolute atomic E-state index is 13.9. The second kappa shape index (κ2) is 8.43. The summed E-state index contributed by atoms with van der Waals surface area (Å²) < 4.78 is 13.9. The topological polar surface area (TPSA) is 60.9 Å². The lowest BCUT2D eigenvalue weighted by molar-refractivity contribution is -0.146. The predicted molar refractivity (Wildman–Crippen MR) is 105 cm³/mol. The lowest BCUT2D eigenvalue weighted by atomic mass is 9.71. The fourth-order valence-corrected chi connectivity index (χ4v) is 4.62. The SMILES string of the molecule is C=CCCC(=O)N1CCC2(CC1)CN(Cc1ccc(C)c(F)c1)CC2C(=O)O. The van der Waals surface area contributed by atoms with Crippen LogP contribution in [0.1, 0.15) is 36.8 Å². The van der Waals surface area contributed by atoms with E-state index in [1.165, 1.54) is 6.07 Å². The fraction of sp³-hybridized carbons (Fsp3) is 0.545. The van der Waals surface area contributed by atoms with E-state index in [-0.39, 0.29) is 17.1 Å². The average molecular weight is 388 g/mol. The summed E-state index contributed by atoms with van der Waals surface area (Å²) in [4.78, 5) is 28.2. The summed E-state index contributed by atoms with van der Waals surface area (Å²) in [6.07, 6.45) is 4.26. The normalized spacial score (nSPS) is 21.8. The number of likely N-dealkylation sites (tertiary alicyclic amines) is 2. The summed E-state index contributed by atoms with van der Waals surface area (Å²) in [5, 5.41) is 9.81. The van der Waals surface area contributed by atoms with Gasteiger partial charge in [0.05, 0.1) is 5.92 Å². The summed E-state index contributed by atoms with van der Waals surface area (Å²) >= 11 is 0. The number of aryl methyl sites for hydroxylation is 1. The second-order valence-corrected chi connectivity index (χ2v) is 8.21. The van der Waals surface area contributed by atoms with Crippen LogP contribution in [0.25, 0.3) is 0 Å². The lowest BCUT2D eigenvalue weighted by Gasteiger charge is -2.41. The van der Waals surface area contributed by atoms with Crippen molar-refractivity contribution < 1.29 is 19.1 Å². The number of aliphatic carboxylic acids is 1. The second-order valence-electron chi connectivity index (χ2n) is 8.21. The van der Waals surface area contributed by atoms with Crippen molar-refractivity contribution in [2.24, 2.45) is 11.3 Å². The Kier molecular flexibility index (Phi) is 6.18. The molecule has 0 bridgehead atoms. The summed E-state index contributed by atoms with van der Waals surface area (Å²) in [5.41, 5.74) is 1.16. The number of allylic oxidation sites excluding steroid dienone is 1. The minimum Gasteiger partial charge on any atom is -0.481 e. The number of amides is 1. The molecule has 2 aliphatic heterocycles.